The van der Waals surface area contributed by atoms with E-state index in [-0.39, 0.29) is 5.57 Å². The van der Waals surface area contributed by atoms with Crippen molar-refractivity contribution in [1.82, 2.24) is 0 Å². The molecule has 13 heavy (non-hydrogen) atoms. The number of hydrogen-bond acceptors (Lipinski definition) is 2. The first kappa shape index (κ1) is 11.4. The summed E-state index contributed by atoms with van der Waals surface area (Å²) in [6, 6.07) is 1.62. The van der Waals surface area contributed by atoms with Gasteiger partial charge in [-0.25, -0.2) is 4.79 Å². The molecule has 0 rings (SSSR count). The quantitative estimate of drug-likeness (QED) is 0.409. The van der Waals surface area contributed by atoms with Crippen molar-refractivity contribution >= 4 is 5.97 Å². The van der Waals surface area contributed by atoms with Crippen molar-refractivity contribution in [2.24, 2.45) is 0 Å². The first-order chi connectivity index (χ1) is 6.11. The largest absolute Gasteiger partial charge is 0.477 e. The van der Waals surface area contributed by atoms with Crippen LogP contribution in [-0.2, 0) is 4.79 Å². The Morgan fingerprint density at radius 1 is 1.54 bits per heavy atom. The zero-order valence-corrected chi connectivity index (χ0v) is 7.87. The maximum Gasteiger partial charge on any atom is 0.346 e. The maximum atomic E-state index is 10.4. The third-order valence-electron chi connectivity index (χ3n) is 1.53. The second-order valence-electron chi connectivity index (χ2n) is 2.76. The van der Waals surface area contributed by atoms with Crippen molar-refractivity contribution in [2.45, 2.75) is 26.7 Å². The van der Waals surface area contributed by atoms with Crippen LogP contribution < -0.4 is 0 Å². The van der Waals surface area contributed by atoms with Crippen LogP contribution in [0.5, 0.6) is 0 Å². The van der Waals surface area contributed by atoms with Gasteiger partial charge >= 0.3 is 5.97 Å². The van der Waals surface area contributed by atoms with E-state index in [0.29, 0.717) is 0 Å². The van der Waals surface area contributed by atoms with Crippen molar-refractivity contribution in [2.75, 3.05) is 0 Å². The van der Waals surface area contributed by atoms with Crippen LogP contribution in [0.25, 0.3) is 0 Å². The average Bonchev–Trinajstić information content (AvgIpc) is 2.05. The van der Waals surface area contributed by atoms with Crippen molar-refractivity contribution in [1.29, 1.82) is 5.26 Å². The molecule has 3 nitrogen and oxygen atoms in total. The van der Waals surface area contributed by atoms with E-state index in [9.17, 15) is 4.79 Å². The molecule has 0 atom stereocenters. The zero-order valence-electron chi connectivity index (χ0n) is 7.87. The molecule has 70 valence electrons. The molecule has 1 N–H and O–H groups in total. The van der Waals surface area contributed by atoms with E-state index < -0.39 is 5.97 Å². The fourth-order valence-electron chi connectivity index (χ4n) is 0.860. The molecule has 0 spiro atoms. The lowest BCUT2D eigenvalue weighted by Crippen LogP contribution is -1.96. The van der Waals surface area contributed by atoms with Crippen LogP contribution in [-0.4, -0.2) is 11.1 Å². The predicted molar refractivity (Wildman–Crippen MR) is 50.0 cm³/mol. The van der Waals surface area contributed by atoms with Crippen LogP contribution in [0.2, 0.25) is 0 Å². The average molecular weight is 179 g/mol. The number of aliphatic carboxylic acids is 1. The Morgan fingerprint density at radius 3 is 2.54 bits per heavy atom. The molecule has 0 aliphatic heterocycles. The van der Waals surface area contributed by atoms with Gasteiger partial charge < -0.3 is 5.11 Å². The van der Waals surface area contributed by atoms with E-state index in [1.54, 1.807) is 12.1 Å². The van der Waals surface area contributed by atoms with Crippen molar-refractivity contribution in [3.63, 3.8) is 0 Å². The van der Waals surface area contributed by atoms with Crippen molar-refractivity contribution in [3.05, 3.63) is 23.3 Å². The third-order valence-corrected chi connectivity index (χ3v) is 1.53. The van der Waals surface area contributed by atoms with Gasteiger partial charge in [0.2, 0.25) is 0 Å². The van der Waals surface area contributed by atoms with Gasteiger partial charge in [0.1, 0.15) is 11.6 Å². The lowest BCUT2D eigenvalue weighted by Gasteiger charge is -1.93. The molecular weight excluding hydrogens is 166 g/mol. The van der Waals surface area contributed by atoms with Crippen molar-refractivity contribution in [3.8, 4) is 6.07 Å². The van der Waals surface area contributed by atoms with Crippen LogP contribution >= 0.6 is 0 Å². The van der Waals surface area contributed by atoms with Crippen LogP contribution in [0.4, 0.5) is 0 Å². The fraction of sp³-hybridized carbons (Fsp3) is 0.400. The van der Waals surface area contributed by atoms with E-state index in [1.165, 1.54) is 6.08 Å². The highest BCUT2D eigenvalue weighted by Gasteiger charge is 2.02. The predicted octanol–water partition coefficient (Wildman–Crippen LogP) is 2.27. The first-order valence-corrected chi connectivity index (χ1v) is 4.12. The number of carbonyl (C=O) groups is 1. The number of carboxylic acids is 1. The molecular formula is C10H13NO2. The van der Waals surface area contributed by atoms with Crippen LogP contribution in [0.3, 0.4) is 0 Å². The number of allylic oxidation sites excluding steroid dienone is 3. The number of nitrogens with zero attached hydrogens (tertiary/aromatic N) is 1. The van der Waals surface area contributed by atoms with Gasteiger partial charge in [-0.1, -0.05) is 25.0 Å². The Kier molecular flexibility index (Phi) is 5.29. The molecule has 0 saturated heterocycles. The summed E-state index contributed by atoms with van der Waals surface area (Å²) in [6.45, 7) is 3.96. The van der Waals surface area contributed by atoms with Gasteiger partial charge in [0, 0.05) is 0 Å². The minimum atomic E-state index is -1.18. The maximum absolute atomic E-state index is 10.4. The molecule has 0 aromatic heterocycles. The molecule has 3 heteroatoms. The topological polar surface area (TPSA) is 61.1 Å². The summed E-state index contributed by atoms with van der Waals surface area (Å²) in [7, 11) is 0. The summed E-state index contributed by atoms with van der Waals surface area (Å²) < 4.78 is 0. The van der Waals surface area contributed by atoms with Crippen molar-refractivity contribution < 1.29 is 9.90 Å². The molecule has 0 radical (unpaired) electrons. The number of nitriles is 1. The molecule has 0 aliphatic rings. The summed E-state index contributed by atoms with van der Waals surface area (Å²) in [5, 5.41) is 16.9. The Balaban J connectivity index is 4.47. The smallest absolute Gasteiger partial charge is 0.346 e. The second kappa shape index (κ2) is 6.01. The van der Waals surface area contributed by atoms with E-state index >= 15 is 0 Å². The highest BCUT2D eigenvalue weighted by atomic mass is 16.4. The summed E-state index contributed by atoms with van der Waals surface area (Å²) in [4.78, 5) is 10.4. The first-order valence-electron chi connectivity index (χ1n) is 4.12. The van der Waals surface area contributed by atoms with Crippen LogP contribution in [0.15, 0.2) is 23.3 Å². The number of hydrogen-bond donors (Lipinski definition) is 1. The molecule has 0 saturated carbocycles. The molecule has 0 unspecified atom stereocenters. The van der Waals surface area contributed by atoms with Gasteiger partial charge in [0.05, 0.1) is 0 Å². The molecule has 0 aromatic carbocycles. The Labute approximate surface area is 78.0 Å². The Morgan fingerprint density at radius 2 is 2.15 bits per heavy atom. The standard InChI is InChI=1S/C10H13NO2/c1-3-4-8(2)5-6-9(7-11)10(12)13/h5-6H,3-4H2,1-2H3,(H,12,13)/b8-5-,9-6+. The molecule has 0 aromatic rings. The molecule has 0 fully saturated rings. The second-order valence-corrected chi connectivity index (χ2v) is 2.76. The number of carboxylic acid groups (broad SMARTS) is 1. The molecule has 0 amide bonds. The SMILES string of the molecule is CCC/C(C)=C\C=C(/C#N)C(=O)O. The zero-order chi connectivity index (χ0) is 10.3. The normalized spacial score (nSPS) is 12.4. The number of rotatable bonds is 4. The highest BCUT2D eigenvalue weighted by Crippen LogP contribution is 2.04. The van der Waals surface area contributed by atoms with Crippen LogP contribution in [0.1, 0.15) is 26.7 Å². The van der Waals surface area contributed by atoms with Gasteiger partial charge in [-0.15, -0.1) is 0 Å². The summed E-state index contributed by atoms with van der Waals surface area (Å²) in [5.74, 6) is -1.18. The van der Waals surface area contributed by atoms with Crippen LogP contribution in [0, 0.1) is 11.3 Å². The summed E-state index contributed by atoms with van der Waals surface area (Å²) in [5.41, 5.74) is 0.854. The molecule has 0 aliphatic carbocycles. The van der Waals surface area contributed by atoms with E-state index in [4.69, 9.17) is 10.4 Å². The summed E-state index contributed by atoms with van der Waals surface area (Å²) >= 11 is 0. The highest BCUT2D eigenvalue weighted by molar-refractivity contribution is 5.91. The minimum absolute atomic E-state index is 0.226. The summed E-state index contributed by atoms with van der Waals surface area (Å²) in [6.07, 6.45) is 4.96. The Hall–Kier alpha value is -1.56. The van der Waals surface area contributed by atoms with E-state index in [1.807, 2.05) is 13.8 Å². The monoisotopic (exact) mass is 179 g/mol. The fourth-order valence-corrected chi connectivity index (χ4v) is 0.860. The van der Waals surface area contributed by atoms with Gasteiger partial charge in [0.25, 0.3) is 0 Å². The molecule has 0 bridgehead atoms. The van der Waals surface area contributed by atoms with Gasteiger partial charge in [-0.2, -0.15) is 5.26 Å². The lowest BCUT2D eigenvalue weighted by atomic mass is 10.1. The van der Waals surface area contributed by atoms with Gasteiger partial charge in [0.15, 0.2) is 0 Å². The minimum Gasteiger partial charge on any atom is -0.477 e. The van der Waals surface area contributed by atoms with Gasteiger partial charge in [-0.3, -0.25) is 0 Å². The van der Waals surface area contributed by atoms with Gasteiger partial charge in [-0.05, 0) is 19.4 Å². The molecule has 0 heterocycles. The third kappa shape index (κ3) is 4.81. The van der Waals surface area contributed by atoms with E-state index in [0.717, 1.165) is 18.4 Å². The lowest BCUT2D eigenvalue weighted by molar-refractivity contribution is -0.132. The van der Waals surface area contributed by atoms with E-state index in [2.05, 4.69) is 0 Å². The Bertz CT molecular complexity index is 282.